The second-order valence-corrected chi connectivity index (χ2v) is 8.51. The predicted molar refractivity (Wildman–Crippen MR) is 95.5 cm³/mol. The maximum Gasteiger partial charge on any atom is 0.243 e. The van der Waals surface area contributed by atoms with Crippen molar-refractivity contribution in [2.75, 3.05) is 26.2 Å². The number of nitrogens with zero attached hydrogens (tertiary/aromatic N) is 1. The third kappa shape index (κ3) is 3.69. The summed E-state index contributed by atoms with van der Waals surface area (Å²) in [6, 6.07) is 15.3. The van der Waals surface area contributed by atoms with Gasteiger partial charge in [-0.1, -0.05) is 42.0 Å². The summed E-state index contributed by atoms with van der Waals surface area (Å²) in [6.07, 6.45) is 0. The van der Waals surface area contributed by atoms with Crippen molar-refractivity contribution in [2.45, 2.75) is 25.3 Å². The van der Waals surface area contributed by atoms with E-state index in [9.17, 15) is 8.42 Å². The SMILES string of the molecule is Cc1ccc(C)c(C[NH+]2CCN(S(=O)(=O)c3ccccc3)CC2)c1. The maximum atomic E-state index is 12.7. The molecule has 0 unspecified atom stereocenters. The number of piperazine rings is 1. The molecular formula is C19H25N2O2S+. The zero-order valence-corrected chi connectivity index (χ0v) is 15.1. The second-order valence-electron chi connectivity index (χ2n) is 6.57. The Balaban J connectivity index is 1.65. The number of hydrogen-bond acceptors (Lipinski definition) is 2. The summed E-state index contributed by atoms with van der Waals surface area (Å²) in [4.78, 5) is 1.84. The Bertz CT molecular complexity index is 795. The van der Waals surface area contributed by atoms with Crippen molar-refractivity contribution in [3.05, 3.63) is 65.2 Å². The second kappa shape index (κ2) is 7.05. The van der Waals surface area contributed by atoms with Crippen LogP contribution in [0.2, 0.25) is 0 Å². The largest absolute Gasteiger partial charge is 0.329 e. The summed E-state index contributed by atoms with van der Waals surface area (Å²) >= 11 is 0. The van der Waals surface area contributed by atoms with E-state index in [1.165, 1.54) is 21.6 Å². The fourth-order valence-corrected chi connectivity index (χ4v) is 4.68. The molecule has 0 aliphatic carbocycles. The van der Waals surface area contributed by atoms with Gasteiger partial charge < -0.3 is 4.90 Å². The minimum absolute atomic E-state index is 0.392. The van der Waals surface area contributed by atoms with Gasteiger partial charge in [0.2, 0.25) is 10.0 Å². The van der Waals surface area contributed by atoms with Gasteiger partial charge in [-0.05, 0) is 31.5 Å². The topological polar surface area (TPSA) is 41.8 Å². The number of sulfonamides is 1. The van der Waals surface area contributed by atoms with Gasteiger partial charge in [-0.15, -0.1) is 0 Å². The fourth-order valence-electron chi connectivity index (χ4n) is 3.22. The van der Waals surface area contributed by atoms with Crippen LogP contribution in [0.4, 0.5) is 0 Å². The molecule has 2 aromatic rings. The highest BCUT2D eigenvalue weighted by Gasteiger charge is 2.30. The molecule has 0 aromatic heterocycles. The highest BCUT2D eigenvalue weighted by atomic mass is 32.2. The molecule has 3 rings (SSSR count). The van der Waals surface area contributed by atoms with Crippen molar-refractivity contribution in [1.29, 1.82) is 0 Å². The van der Waals surface area contributed by atoms with E-state index < -0.39 is 10.0 Å². The first kappa shape index (κ1) is 17.1. The lowest BCUT2D eigenvalue weighted by atomic mass is 10.1. The Hall–Kier alpha value is -1.69. The van der Waals surface area contributed by atoms with Crippen LogP contribution in [0.15, 0.2) is 53.4 Å². The smallest absolute Gasteiger partial charge is 0.243 e. The van der Waals surface area contributed by atoms with Gasteiger partial charge in [-0.25, -0.2) is 8.42 Å². The van der Waals surface area contributed by atoms with E-state index in [0.717, 1.165) is 19.6 Å². The molecular weight excluding hydrogens is 320 g/mol. The molecule has 0 bridgehead atoms. The lowest BCUT2D eigenvalue weighted by Gasteiger charge is -2.31. The minimum atomic E-state index is -3.35. The lowest BCUT2D eigenvalue weighted by Crippen LogP contribution is -3.13. The number of nitrogens with one attached hydrogen (secondary N) is 1. The third-order valence-corrected chi connectivity index (χ3v) is 6.67. The molecule has 4 nitrogen and oxygen atoms in total. The molecule has 1 aliphatic heterocycles. The standard InChI is InChI=1S/C19H24N2O2S/c1-16-8-9-17(2)18(14-16)15-20-10-12-21(13-11-20)24(22,23)19-6-4-3-5-7-19/h3-9,14H,10-13,15H2,1-2H3/p+1. The number of aryl methyl sites for hydroxylation is 2. The first-order chi connectivity index (χ1) is 11.5. The number of benzene rings is 2. The van der Waals surface area contributed by atoms with E-state index in [2.05, 4.69) is 32.0 Å². The molecule has 1 N–H and O–H groups in total. The van der Waals surface area contributed by atoms with E-state index >= 15 is 0 Å². The Kier molecular flexibility index (Phi) is 5.04. The first-order valence-electron chi connectivity index (χ1n) is 8.42. The summed E-state index contributed by atoms with van der Waals surface area (Å²) in [5.41, 5.74) is 3.96. The Morgan fingerprint density at radius 3 is 2.33 bits per heavy atom. The van der Waals surface area contributed by atoms with Gasteiger partial charge in [0.05, 0.1) is 31.1 Å². The highest BCUT2D eigenvalue weighted by Crippen LogP contribution is 2.15. The maximum absolute atomic E-state index is 12.7. The molecule has 1 fully saturated rings. The number of quaternary nitrogens is 1. The molecule has 1 heterocycles. The van der Waals surface area contributed by atoms with E-state index in [0.29, 0.717) is 18.0 Å². The molecule has 24 heavy (non-hydrogen) atoms. The number of hydrogen-bond donors (Lipinski definition) is 1. The first-order valence-corrected chi connectivity index (χ1v) is 9.86. The van der Waals surface area contributed by atoms with Crippen LogP contribution in [0.1, 0.15) is 16.7 Å². The van der Waals surface area contributed by atoms with Crippen molar-refractivity contribution in [1.82, 2.24) is 4.31 Å². The third-order valence-electron chi connectivity index (χ3n) is 4.76. The fraction of sp³-hybridized carbons (Fsp3) is 0.368. The van der Waals surface area contributed by atoms with E-state index in [4.69, 9.17) is 0 Å². The molecule has 128 valence electrons. The van der Waals surface area contributed by atoms with Crippen molar-refractivity contribution < 1.29 is 13.3 Å². The van der Waals surface area contributed by atoms with Crippen LogP contribution in [-0.4, -0.2) is 38.9 Å². The zero-order valence-electron chi connectivity index (χ0n) is 14.3. The van der Waals surface area contributed by atoms with Crippen LogP contribution >= 0.6 is 0 Å². The van der Waals surface area contributed by atoms with E-state index in [-0.39, 0.29) is 0 Å². The highest BCUT2D eigenvalue weighted by molar-refractivity contribution is 7.89. The average molecular weight is 345 g/mol. The van der Waals surface area contributed by atoms with Gasteiger partial charge >= 0.3 is 0 Å². The van der Waals surface area contributed by atoms with Crippen LogP contribution in [0.5, 0.6) is 0 Å². The summed E-state index contributed by atoms with van der Waals surface area (Å²) < 4.78 is 27.0. The van der Waals surface area contributed by atoms with Gasteiger partial charge in [0.25, 0.3) is 0 Å². The molecule has 0 spiro atoms. The van der Waals surface area contributed by atoms with Crippen molar-refractivity contribution >= 4 is 10.0 Å². The van der Waals surface area contributed by atoms with Crippen molar-refractivity contribution in [3.63, 3.8) is 0 Å². The zero-order chi connectivity index (χ0) is 17.2. The number of rotatable bonds is 4. The Morgan fingerprint density at radius 1 is 1.00 bits per heavy atom. The summed E-state index contributed by atoms with van der Waals surface area (Å²) in [5.74, 6) is 0. The van der Waals surface area contributed by atoms with Gasteiger partial charge in [-0.2, -0.15) is 4.31 Å². The van der Waals surface area contributed by atoms with E-state index in [1.807, 2.05) is 6.07 Å². The molecule has 2 aromatic carbocycles. The van der Waals surface area contributed by atoms with Gasteiger partial charge in [0, 0.05) is 5.56 Å². The molecule has 0 saturated carbocycles. The monoisotopic (exact) mass is 345 g/mol. The molecule has 0 amide bonds. The van der Waals surface area contributed by atoms with Crippen LogP contribution in [-0.2, 0) is 16.6 Å². The summed E-state index contributed by atoms with van der Waals surface area (Å²) in [6.45, 7) is 8.08. The average Bonchev–Trinajstić information content (AvgIpc) is 2.59. The lowest BCUT2D eigenvalue weighted by molar-refractivity contribution is -0.917. The molecule has 0 radical (unpaired) electrons. The van der Waals surface area contributed by atoms with Gasteiger partial charge in [0.1, 0.15) is 6.54 Å². The Labute approximate surface area is 144 Å². The van der Waals surface area contributed by atoms with Gasteiger partial charge in [-0.3, -0.25) is 0 Å². The molecule has 0 atom stereocenters. The van der Waals surface area contributed by atoms with Gasteiger partial charge in [0.15, 0.2) is 0 Å². The quantitative estimate of drug-likeness (QED) is 0.910. The molecule has 5 heteroatoms. The summed E-state index contributed by atoms with van der Waals surface area (Å²) in [5, 5.41) is 0. The van der Waals surface area contributed by atoms with Crippen LogP contribution in [0, 0.1) is 13.8 Å². The van der Waals surface area contributed by atoms with Crippen molar-refractivity contribution in [2.24, 2.45) is 0 Å². The van der Waals surface area contributed by atoms with Crippen LogP contribution < -0.4 is 4.90 Å². The van der Waals surface area contributed by atoms with Crippen LogP contribution in [0.3, 0.4) is 0 Å². The minimum Gasteiger partial charge on any atom is -0.329 e. The Morgan fingerprint density at radius 2 is 1.67 bits per heavy atom. The molecule has 1 aliphatic rings. The molecule has 1 saturated heterocycles. The predicted octanol–water partition coefficient (Wildman–Crippen LogP) is 1.39. The normalized spacial score (nSPS) is 17.1. The van der Waals surface area contributed by atoms with Crippen LogP contribution in [0.25, 0.3) is 0 Å². The van der Waals surface area contributed by atoms with E-state index in [1.54, 1.807) is 28.6 Å². The van der Waals surface area contributed by atoms with Crippen molar-refractivity contribution in [3.8, 4) is 0 Å². The summed E-state index contributed by atoms with van der Waals surface area (Å²) in [7, 11) is -3.35.